The van der Waals surface area contributed by atoms with Crippen LogP contribution >= 0.6 is 0 Å². The molecule has 1 rings (SSSR count). The third-order valence-corrected chi connectivity index (χ3v) is 1.50. The molecule has 0 N–H and O–H groups in total. The Bertz CT molecular complexity index is 273. The van der Waals surface area contributed by atoms with Gasteiger partial charge >= 0.3 is 0 Å². The van der Waals surface area contributed by atoms with Gasteiger partial charge in [0.05, 0.1) is 0 Å². The molecule has 3 nitrogen and oxygen atoms in total. The molecule has 0 aliphatic rings. The van der Waals surface area contributed by atoms with Crippen molar-refractivity contribution in [3.05, 3.63) is 17.7 Å². The van der Waals surface area contributed by atoms with Gasteiger partial charge in [0.1, 0.15) is 0 Å². The lowest BCUT2D eigenvalue weighted by molar-refractivity contribution is 0.575. The molecule has 1 heterocycles. The molecular formula is C8H12FN3. The minimum atomic E-state index is -0.467. The molecule has 0 bridgehead atoms. The first kappa shape index (κ1) is 8.90. The average Bonchev–Trinajstić information content (AvgIpc) is 2.03. The molecule has 0 aromatic carbocycles. The van der Waals surface area contributed by atoms with Crippen LogP contribution in [-0.4, -0.2) is 24.1 Å². The van der Waals surface area contributed by atoms with Gasteiger partial charge in [0.25, 0.3) is 0 Å². The van der Waals surface area contributed by atoms with Crippen molar-refractivity contribution < 1.29 is 4.39 Å². The fourth-order valence-electron chi connectivity index (χ4n) is 0.832. The number of nitrogens with zero attached hydrogens (tertiary/aromatic N) is 3. The number of aryl methyl sites for hydroxylation is 1. The van der Waals surface area contributed by atoms with Gasteiger partial charge in [-0.05, 0) is 6.42 Å². The van der Waals surface area contributed by atoms with Crippen molar-refractivity contribution in [3.63, 3.8) is 0 Å². The van der Waals surface area contributed by atoms with E-state index in [9.17, 15) is 4.39 Å². The Kier molecular flexibility index (Phi) is 2.58. The van der Waals surface area contributed by atoms with Crippen molar-refractivity contribution in [1.29, 1.82) is 0 Å². The summed E-state index contributed by atoms with van der Waals surface area (Å²) in [6.45, 7) is 1.93. The highest BCUT2D eigenvalue weighted by Crippen LogP contribution is 2.06. The van der Waals surface area contributed by atoms with Crippen molar-refractivity contribution in [2.24, 2.45) is 0 Å². The summed E-state index contributed by atoms with van der Waals surface area (Å²) in [5.74, 6) is -0.0441. The first-order valence-corrected chi connectivity index (χ1v) is 3.84. The number of anilines is 1. The Balaban J connectivity index is 3.06. The summed E-state index contributed by atoms with van der Waals surface area (Å²) in [4.78, 5) is 9.44. The van der Waals surface area contributed by atoms with Crippen LogP contribution in [0.15, 0.2) is 6.07 Å². The van der Waals surface area contributed by atoms with Crippen LogP contribution in [0.3, 0.4) is 0 Å². The lowest BCUT2D eigenvalue weighted by Crippen LogP contribution is -2.14. The Labute approximate surface area is 71.3 Å². The molecule has 66 valence electrons. The summed E-state index contributed by atoms with van der Waals surface area (Å²) < 4.78 is 12.8. The molecular weight excluding hydrogens is 157 g/mol. The zero-order valence-corrected chi connectivity index (χ0v) is 7.50. The summed E-state index contributed by atoms with van der Waals surface area (Å²) in [5, 5.41) is 0. The molecule has 1 aromatic heterocycles. The zero-order chi connectivity index (χ0) is 9.14. The first-order valence-electron chi connectivity index (χ1n) is 3.84. The summed E-state index contributed by atoms with van der Waals surface area (Å²) >= 11 is 0. The number of rotatable bonds is 2. The van der Waals surface area contributed by atoms with Gasteiger partial charge in [0, 0.05) is 25.9 Å². The van der Waals surface area contributed by atoms with Crippen molar-refractivity contribution in [2.75, 3.05) is 19.0 Å². The highest BCUT2D eigenvalue weighted by Gasteiger charge is 2.03. The average molecular weight is 169 g/mol. The second-order valence-corrected chi connectivity index (χ2v) is 2.73. The van der Waals surface area contributed by atoms with Gasteiger partial charge in [-0.15, -0.1) is 0 Å². The normalized spacial score (nSPS) is 10.0. The Morgan fingerprint density at radius 2 is 2.08 bits per heavy atom. The maximum Gasteiger partial charge on any atom is 0.227 e. The number of hydrogen-bond donors (Lipinski definition) is 0. The van der Waals surface area contributed by atoms with E-state index in [1.54, 1.807) is 19.0 Å². The van der Waals surface area contributed by atoms with Crippen LogP contribution < -0.4 is 4.90 Å². The van der Waals surface area contributed by atoms with Crippen molar-refractivity contribution in [1.82, 2.24) is 9.97 Å². The van der Waals surface area contributed by atoms with E-state index in [-0.39, 0.29) is 0 Å². The summed E-state index contributed by atoms with van der Waals surface area (Å²) in [7, 11) is 3.57. The van der Waals surface area contributed by atoms with E-state index in [2.05, 4.69) is 9.97 Å². The van der Waals surface area contributed by atoms with Gasteiger partial charge in [-0.1, -0.05) is 6.92 Å². The third-order valence-electron chi connectivity index (χ3n) is 1.50. The third kappa shape index (κ3) is 1.90. The largest absolute Gasteiger partial charge is 0.347 e. The second kappa shape index (κ2) is 3.47. The number of hydrogen-bond acceptors (Lipinski definition) is 3. The number of aromatic nitrogens is 2. The molecule has 0 saturated carbocycles. The zero-order valence-electron chi connectivity index (χ0n) is 7.50. The predicted octanol–water partition coefficient (Wildman–Crippen LogP) is 1.24. The van der Waals surface area contributed by atoms with Crippen LogP contribution in [-0.2, 0) is 6.42 Å². The topological polar surface area (TPSA) is 29.0 Å². The molecule has 1 aromatic rings. The van der Waals surface area contributed by atoms with Crippen LogP contribution in [0.2, 0.25) is 0 Å². The molecule has 0 aliphatic carbocycles. The van der Waals surface area contributed by atoms with Gasteiger partial charge in [0.15, 0.2) is 0 Å². The van der Waals surface area contributed by atoms with Crippen LogP contribution in [0.5, 0.6) is 0 Å². The molecule has 0 unspecified atom stereocenters. The van der Waals surface area contributed by atoms with Crippen molar-refractivity contribution in [2.45, 2.75) is 13.3 Å². The quantitative estimate of drug-likeness (QED) is 0.624. The number of halogens is 1. The highest BCUT2D eigenvalue weighted by molar-refractivity contribution is 5.27. The molecule has 0 amide bonds. The van der Waals surface area contributed by atoms with E-state index in [1.807, 2.05) is 6.92 Å². The summed E-state index contributed by atoms with van der Waals surface area (Å²) in [6.07, 6.45) is 0.723. The molecule has 0 radical (unpaired) electrons. The standard InChI is InChI=1S/C8H12FN3/c1-4-6-5-7(9)11-8(10-6)12(2)3/h5H,4H2,1-3H3. The van der Waals surface area contributed by atoms with Gasteiger partial charge in [-0.2, -0.15) is 9.37 Å². The molecule has 0 saturated heterocycles. The second-order valence-electron chi connectivity index (χ2n) is 2.73. The summed E-state index contributed by atoms with van der Waals surface area (Å²) in [6, 6.07) is 1.35. The van der Waals surface area contributed by atoms with Gasteiger partial charge in [-0.25, -0.2) is 4.98 Å². The molecule has 0 fully saturated rings. The van der Waals surface area contributed by atoms with E-state index >= 15 is 0 Å². The van der Waals surface area contributed by atoms with Gasteiger partial charge < -0.3 is 4.90 Å². The minimum Gasteiger partial charge on any atom is -0.347 e. The molecule has 0 atom stereocenters. The maximum absolute atomic E-state index is 12.8. The van der Waals surface area contributed by atoms with Crippen molar-refractivity contribution >= 4 is 5.95 Å². The molecule has 12 heavy (non-hydrogen) atoms. The van der Waals surface area contributed by atoms with Crippen LogP contribution in [0.1, 0.15) is 12.6 Å². The van der Waals surface area contributed by atoms with E-state index in [0.29, 0.717) is 5.95 Å². The van der Waals surface area contributed by atoms with E-state index < -0.39 is 5.95 Å². The Morgan fingerprint density at radius 1 is 1.42 bits per heavy atom. The Hall–Kier alpha value is -1.19. The fourth-order valence-corrected chi connectivity index (χ4v) is 0.832. The van der Waals surface area contributed by atoms with Gasteiger partial charge in [0.2, 0.25) is 11.9 Å². The monoisotopic (exact) mass is 169 g/mol. The van der Waals surface area contributed by atoms with E-state index in [1.165, 1.54) is 6.07 Å². The smallest absolute Gasteiger partial charge is 0.227 e. The highest BCUT2D eigenvalue weighted by atomic mass is 19.1. The lowest BCUT2D eigenvalue weighted by Gasteiger charge is -2.10. The van der Waals surface area contributed by atoms with Crippen LogP contribution in [0.4, 0.5) is 10.3 Å². The first-order chi connectivity index (χ1) is 5.63. The SMILES string of the molecule is CCc1cc(F)nc(N(C)C)n1. The Morgan fingerprint density at radius 3 is 2.58 bits per heavy atom. The van der Waals surface area contributed by atoms with Crippen molar-refractivity contribution in [3.8, 4) is 0 Å². The van der Waals surface area contributed by atoms with E-state index in [4.69, 9.17) is 0 Å². The van der Waals surface area contributed by atoms with Crippen LogP contribution in [0, 0.1) is 5.95 Å². The molecule has 4 heteroatoms. The minimum absolute atomic E-state index is 0.423. The van der Waals surface area contributed by atoms with Gasteiger partial charge in [-0.3, -0.25) is 0 Å². The molecule has 0 spiro atoms. The van der Waals surface area contributed by atoms with Crippen LogP contribution in [0.25, 0.3) is 0 Å². The fraction of sp³-hybridized carbons (Fsp3) is 0.500. The van der Waals surface area contributed by atoms with E-state index in [0.717, 1.165) is 12.1 Å². The maximum atomic E-state index is 12.8. The summed E-state index contributed by atoms with van der Waals surface area (Å²) in [5.41, 5.74) is 0.728. The molecule has 0 aliphatic heterocycles. The predicted molar refractivity (Wildman–Crippen MR) is 45.7 cm³/mol. The lowest BCUT2D eigenvalue weighted by atomic mass is 10.3.